The van der Waals surface area contributed by atoms with Crippen molar-refractivity contribution in [2.75, 3.05) is 6.61 Å². The van der Waals surface area contributed by atoms with Gasteiger partial charge in [-0.1, -0.05) is 62.6 Å². The first kappa shape index (κ1) is 25.6. The van der Waals surface area contributed by atoms with E-state index in [-0.39, 0.29) is 35.2 Å². The number of rotatable bonds is 6. The molecule has 1 aliphatic rings. The minimum Gasteiger partial charge on any atom is -0.462 e. The van der Waals surface area contributed by atoms with Gasteiger partial charge in [0, 0.05) is 12.2 Å². The Balaban J connectivity index is 1.86. The minimum absolute atomic E-state index is 0.0537. The highest BCUT2D eigenvalue weighted by Crippen LogP contribution is 2.29. The molecule has 0 unspecified atom stereocenters. The molecule has 0 radical (unpaired) electrons. The van der Waals surface area contributed by atoms with Crippen LogP contribution in [0.25, 0.3) is 16.7 Å². The Morgan fingerprint density at radius 1 is 1.05 bits per heavy atom. The van der Waals surface area contributed by atoms with E-state index in [1.807, 2.05) is 47.9 Å². The molecule has 5 rings (SSSR count). The lowest BCUT2D eigenvalue weighted by Gasteiger charge is -2.27. The largest absolute Gasteiger partial charge is 0.462 e. The molecule has 1 atom stereocenters. The van der Waals surface area contributed by atoms with E-state index < -0.39 is 11.9 Å². The van der Waals surface area contributed by atoms with Crippen LogP contribution < -0.4 is 11.0 Å². The molecule has 1 saturated carbocycles. The molecule has 0 spiro atoms. The van der Waals surface area contributed by atoms with Crippen molar-refractivity contribution in [1.29, 1.82) is 0 Å². The molecule has 4 aromatic rings. The van der Waals surface area contributed by atoms with Gasteiger partial charge < -0.3 is 9.30 Å². The molecule has 1 aromatic carbocycles. The summed E-state index contributed by atoms with van der Waals surface area (Å²) in [5.41, 5.74) is 1.83. The van der Waals surface area contributed by atoms with Crippen molar-refractivity contribution in [2.24, 2.45) is 4.99 Å². The van der Waals surface area contributed by atoms with Crippen molar-refractivity contribution in [3.8, 4) is 0 Å². The molecule has 0 aliphatic heterocycles. The third-order valence-corrected chi connectivity index (χ3v) is 7.29. The number of carbonyl (C=O) groups is 2. The van der Waals surface area contributed by atoms with Crippen molar-refractivity contribution in [3.63, 3.8) is 0 Å². The standard InChI is InChI=1S/C30H32N4O4/c1-3-22(20-13-7-5-8-14-20)28(35)32-27-24(30(37)38-4-2)19-23-26(34(27)21-15-9-6-10-16-21)31-25-17-11-12-18-33(25)29(23)36/h5,7-8,11-14,17-19,21-22H,3-4,6,9-10,15-16H2,1-2H3/t22-/m1/s1. The Kier molecular flexibility index (Phi) is 7.49. The number of esters is 1. The number of benzene rings is 1. The van der Waals surface area contributed by atoms with Crippen LogP contribution in [0.5, 0.6) is 0 Å². The highest BCUT2D eigenvalue weighted by atomic mass is 16.5. The van der Waals surface area contributed by atoms with Crippen LogP contribution in [0.1, 0.15) is 80.3 Å². The molecule has 38 heavy (non-hydrogen) atoms. The number of ether oxygens (including phenoxy) is 1. The quantitative estimate of drug-likeness (QED) is 0.269. The minimum atomic E-state index is -0.615. The fraction of sp³-hybridized carbons (Fsp3) is 0.367. The third kappa shape index (κ3) is 4.78. The molecule has 3 aromatic heterocycles. The van der Waals surface area contributed by atoms with Gasteiger partial charge in [0.2, 0.25) is 0 Å². The predicted octanol–water partition coefficient (Wildman–Crippen LogP) is 4.95. The molecule has 1 fully saturated rings. The Morgan fingerprint density at radius 2 is 1.79 bits per heavy atom. The summed E-state index contributed by atoms with van der Waals surface area (Å²) in [6, 6.07) is 16.3. The van der Waals surface area contributed by atoms with Gasteiger partial charge >= 0.3 is 5.97 Å². The van der Waals surface area contributed by atoms with Gasteiger partial charge in [-0.2, -0.15) is 4.99 Å². The van der Waals surface area contributed by atoms with E-state index in [0.717, 1.165) is 37.7 Å². The fourth-order valence-corrected chi connectivity index (χ4v) is 5.42. The Hall–Kier alpha value is -4.07. The van der Waals surface area contributed by atoms with Gasteiger partial charge in [-0.05, 0) is 49.9 Å². The average molecular weight is 513 g/mol. The molecule has 1 aliphatic carbocycles. The number of pyridine rings is 2. The van der Waals surface area contributed by atoms with Gasteiger partial charge in [-0.3, -0.25) is 14.0 Å². The van der Waals surface area contributed by atoms with E-state index >= 15 is 0 Å². The first-order chi connectivity index (χ1) is 18.5. The second-order valence-corrected chi connectivity index (χ2v) is 9.67. The maximum atomic E-state index is 13.7. The Labute approximate surface area is 220 Å². The van der Waals surface area contributed by atoms with Gasteiger partial charge in [0.05, 0.1) is 17.9 Å². The normalized spacial score (nSPS) is 15.6. The summed E-state index contributed by atoms with van der Waals surface area (Å²) in [6.45, 7) is 3.83. The average Bonchev–Trinajstić information content (AvgIpc) is 2.94. The van der Waals surface area contributed by atoms with Gasteiger partial charge in [-0.25, -0.2) is 9.78 Å². The van der Waals surface area contributed by atoms with Crippen LogP contribution in [0, 0.1) is 0 Å². The SMILES string of the molecule is CCOC(=O)c1cc2c(=O)n3ccccc3nc2n(C2CCCCC2)c1=NC(=O)[C@H](CC)c1ccccc1. The van der Waals surface area contributed by atoms with E-state index in [4.69, 9.17) is 9.72 Å². The van der Waals surface area contributed by atoms with Crippen LogP contribution in [0.2, 0.25) is 0 Å². The molecular weight excluding hydrogens is 480 g/mol. The highest BCUT2D eigenvalue weighted by molar-refractivity contribution is 5.94. The van der Waals surface area contributed by atoms with Crippen LogP contribution in [0.15, 0.2) is 70.6 Å². The predicted molar refractivity (Wildman–Crippen MR) is 145 cm³/mol. The highest BCUT2D eigenvalue weighted by Gasteiger charge is 2.26. The zero-order valence-electron chi connectivity index (χ0n) is 21.8. The van der Waals surface area contributed by atoms with Gasteiger partial charge in [0.1, 0.15) is 16.9 Å². The first-order valence-electron chi connectivity index (χ1n) is 13.4. The molecule has 0 N–H and O–H groups in total. The third-order valence-electron chi connectivity index (χ3n) is 7.29. The van der Waals surface area contributed by atoms with E-state index in [1.165, 1.54) is 10.5 Å². The summed E-state index contributed by atoms with van der Waals surface area (Å²) >= 11 is 0. The van der Waals surface area contributed by atoms with Crippen LogP contribution in [0.4, 0.5) is 0 Å². The van der Waals surface area contributed by atoms with Crippen LogP contribution in [-0.4, -0.2) is 32.4 Å². The summed E-state index contributed by atoms with van der Waals surface area (Å²) < 4.78 is 8.72. The maximum Gasteiger partial charge on any atom is 0.341 e. The van der Waals surface area contributed by atoms with Gasteiger partial charge in [-0.15, -0.1) is 0 Å². The zero-order valence-corrected chi connectivity index (χ0v) is 21.8. The van der Waals surface area contributed by atoms with E-state index in [9.17, 15) is 14.4 Å². The second kappa shape index (κ2) is 11.1. The molecule has 196 valence electrons. The smallest absolute Gasteiger partial charge is 0.341 e. The lowest BCUT2D eigenvalue weighted by Crippen LogP contribution is -2.36. The number of hydrogen-bond donors (Lipinski definition) is 0. The van der Waals surface area contributed by atoms with Crippen molar-refractivity contribution >= 4 is 28.6 Å². The molecule has 1 amide bonds. The van der Waals surface area contributed by atoms with Gasteiger partial charge in [0.15, 0.2) is 5.49 Å². The first-order valence-corrected chi connectivity index (χ1v) is 13.4. The van der Waals surface area contributed by atoms with E-state index in [2.05, 4.69) is 4.99 Å². The van der Waals surface area contributed by atoms with E-state index in [0.29, 0.717) is 23.1 Å². The second-order valence-electron chi connectivity index (χ2n) is 9.67. The monoisotopic (exact) mass is 512 g/mol. The van der Waals surface area contributed by atoms with E-state index in [1.54, 1.807) is 25.3 Å². The number of nitrogens with zero attached hydrogens (tertiary/aromatic N) is 4. The molecule has 0 saturated heterocycles. The Bertz CT molecular complexity index is 1610. The maximum absolute atomic E-state index is 13.7. The summed E-state index contributed by atoms with van der Waals surface area (Å²) in [7, 11) is 0. The molecule has 3 heterocycles. The topological polar surface area (TPSA) is 95.0 Å². The summed E-state index contributed by atoms with van der Waals surface area (Å²) in [5.74, 6) is -1.42. The molecule has 8 nitrogen and oxygen atoms in total. The number of amides is 1. The number of hydrogen-bond acceptors (Lipinski definition) is 5. The summed E-state index contributed by atoms with van der Waals surface area (Å²) in [6.07, 6.45) is 7.02. The van der Waals surface area contributed by atoms with Crippen LogP contribution >= 0.6 is 0 Å². The van der Waals surface area contributed by atoms with Crippen molar-refractivity contribution in [3.05, 3.63) is 87.8 Å². The molecule has 8 heteroatoms. The lowest BCUT2D eigenvalue weighted by atomic mass is 9.94. The molecular formula is C30H32N4O4. The van der Waals surface area contributed by atoms with Crippen LogP contribution in [0.3, 0.4) is 0 Å². The summed E-state index contributed by atoms with van der Waals surface area (Å²) in [5, 5.41) is 0.295. The number of aromatic nitrogens is 3. The van der Waals surface area contributed by atoms with Gasteiger partial charge in [0.25, 0.3) is 11.5 Å². The van der Waals surface area contributed by atoms with Crippen molar-refractivity contribution < 1.29 is 14.3 Å². The van der Waals surface area contributed by atoms with Crippen molar-refractivity contribution in [1.82, 2.24) is 14.0 Å². The molecule has 0 bridgehead atoms. The summed E-state index contributed by atoms with van der Waals surface area (Å²) in [4.78, 5) is 50.0. The number of carbonyl (C=O) groups excluding carboxylic acids is 2. The van der Waals surface area contributed by atoms with Crippen LogP contribution in [-0.2, 0) is 9.53 Å². The number of fused-ring (bicyclic) bond motifs is 2. The zero-order chi connectivity index (χ0) is 26.6. The van der Waals surface area contributed by atoms with Crippen molar-refractivity contribution in [2.45, 2.75) is 64.3 Å². The lowest BCUT2D eigenvalue weighted by molar-refractivity contribution is -0.119. The Morgan fingerprint density at radius 3 is 2.50 bits per heavy atom. The fourth-order valence-electron chi connectivity index (χ4n) is 5.42.